The van der Waals surface area contributed by atoms with Crippen LogP contribution in [0, 0.1) is 17.6 Å². The lowest BCUT2D eigenvalue weighted by atomic mass is 9.92. The Morgan fingerprint density at radius 1 is 1.11 bits per heavy atom. The van der Waals surface area contributed by atoms with E-state index in [2.05, 4.69) is 0 Å². The van der Waals surface area contributed by atoms with Gasteiger partial charge in [-0.15, -0.1) is 0 Å². The van der Waals surface area contributed by atoms with Gasteiger partial charge in [0.25, 0.3) is 0 Å². The molecule has 0 aromatic heterocycles. The number of Topliss-reactive ketones (excluding diaryl/α,β-unsaturated/α-hetero) is 1. The second kappa shape index (κ2) is 6.78. The molecule has 0 aliphatic heterocycles. The largest absolute Gasteiger partial charge is 0.299 e. The molecule has 1 nitrogen and oxygen atoms in total. The van der Waals surface area contributed by atoms with Crippen LogP contribution in [0.4, 0.5) is 8.78 Å². The molecule has 0 unspecified atom stereocenters. The Kier molecular flexibility index (Phi) is 5.06. The summed E-state index contributed by atoms with van der Waals surface area (Å²) in [4.78, 5) is 12.0. The minimum Gasteiger partial charge on any atom is -0.299 e. The van der Waals surface area contributed by atoms with Crippen molar-refractivity contribution < 1.29 is 13.6 Å². The van der Waals surface area contributed by atoms with Crippen LogP contribution in [0.25, 0.3) is 0 Å². The Morgan fingerprint density at radius 3 is 2.42 bits per heavy atom. The van der Waals surface area contributed by atoms with Crippen LogP contribution in [0.15, 0.2) is 18.2 Å². The van der Waals surface area contributed by atoms with Crippen molar-refractivity contribution in [1.82, 2.24) is 0 Å². The van der Waals surface area contributed by atoms with E-state index in [0.717, 1.165) is 18.9 Å². The average molecular weight is 266 g/mol. The van der Waals surface area contributed by atoms with Crippen LogP contribution in [-0.2, 0) is 11.2 Å². The van der Waals surface area contributed by atoms with E-state index >= 15 is 0 Å². The maximum Gasteiger partial charge on any atom is 0.137 e. The van der Waals surface area contributed by atoms with E-state index in [-0.39, 0.29) is 12.2 Å². The zero-order valence-corrected chi connectivity index (χ0v) is 11.1. The van der Waals surface area contributed by atoms with E-state index < -0.39 is 11.6 Å². The standard InChI is InChI=1S/C16H20F2O/c17-14-8-7-13(16(18)11-14)10-15(19)9-12-5-3-1-2-4-6-12/h7-8,11-12H,1-6,9-10H2. The van der Waals surface area contributed by atoms with Gasteiger partial charge in [-0.05, 0) is 17.5 Å². The zero-order chi connectivity index (χ0) is 13.7. The fraction of sp³-hybridized carbons (Fsp3) is 0.562. The van der Waals surface area contributed by atoms with Crippen molar-refractivity contribution in [3.8, 4) is 0 Å². The number of carbonyl (C=O) groups is 1. The van der Waals surface area contributed by atoms with Crippen LogP contribution < -0.4 is 0 Å². The molecule has 2 rings (SSSR count). The summed E-state index contributed by atoms with van der Waals surface area (Å²) in [6, 6.07) is 3.42. The Hall–Kier alpha value is -1.25. The molecule has 19 heavy (non-hydrogen) atoms. The molecule has 0 atom stereocenters. The van der Waals surface area contributed by atoms with Crippen LogP contribution in [0.3, 0.4) is 0 Å². The van der Waals surface area contributed by atoms with Gasteiger partial charge in [-0.1, -0.05) is 44.6 Å². The fourth-order valence-electron chi connectivity index (χ4n) is 2.84. The van der Waals surface area contributed by atoms with E-state index in [1.807, 2.05) is 0 Å². The molecule has 0 spiro atoms. The average Bonchev–Trinajstić information content (AvgIpc) is 2.61. The normalized spacial score (nSPS) is 17.2. The van der Waals surface area contributed by atoms with Crippen LogP contribution in [0.1, 0.15) is 50.5 Å². The van der Waals surface area contributed by atoms with Gasteiger partial charge in [0.05, 0.1) is 0 Å². The maximum absolute atomic E-state index is 13.5. The maximum atomic E-state index is 13.5. The molecule has 1 aliphatic rings. The molecule has 1 aliphatic carbocycles. The van der Waals surface area contributed by atoms with Crippen molar-refractivity contribution in [2.75, 3.05) is 0 Å². The summed E-state index contributed by atoms with van der Waals surface area (Å²) in [6.07, 6.45) is 7.76. The molecule has 0 bridgehead atoms. The first-order valence-electron chi connectivity index (χ1n) is 7.11. The smallest absolute Gasteiger partial charge is 0.137 e. The van der Waals surface area contributed by atoms with Gasteiger partial charge in [-0.2, -0.15) is 0 Å². The third kappa shape index (κ3) is 4.41. The highest BCUT2D eigenvalue weighted by Crippen LogP contribution is 2.26. The predicted molar refractivity (Wildman–Crippen MR) is 70.9 cm³/mol. The van der Waals surface area contributed by atoms with Crippen molar-refractivity contribution in [3.63, 3.8) is 0 Å². The van der Waals surface area contributed by atoms with Crippen molar-refractivity contribution in [2.45, 2.75) is 51.4 Å². The van der Waals surface area contributed by atoms with Gasteiger partial charge in [-0.3, -0.25) is 4.79 Å². The first kappa shape index (κ1) is 14.2. The van der Waals surface area contributed by atoms with Gasteiger partial charge in [0.1, 0.15) is 17.4 Å². The Bertz CT molecular complexity index is 434. The number of benzene rings is 1. The van der Waals surface area contributed by atoms with Crippen molar-refractivity contribution >= 4 is 5.78 Å². The monoisotopic (exact) mass is 266 g/mol. The molecule has 0 radical (unpaired) electrons. The van der Waals surface area contributed by atoms with E-state index in [9.17, 15) is 13.6 Å². The third-order valence-electron chi connectivity index (χ3n) is 3.89. The van der Waals surface area contributed by atoms with E-state index in [1.165, 1.54) is 37.8 Å². The predicted octanol–water partition coefficient (Wildman–Crippen LogP) is 4.44. The second-order valence-corrected chi connectivity index (χ2v) is 5.51. The first-order valence-corrected chi connectivity index (χ1v) is 7.11. The number of halogens is 2. The molecular weight excluding hydrogens is 246 g/mol. The van der Waals surface area contributed by atoms with E-state index in [4.69, 9.17) is 0 Å². The lowest BCUT2D eigenvalue weighted by molar-refractivity contribution is -0.119. The molecule has 1 aromatic rings. The quantitative estimate of drug-likeness (QED) is 0.736. The summed E-state index contributed by atoms with van der Waals surface area (Å²) in [5.74, 6) is -0.692. The molecule has 0 amide bonds. The van der Waals surface area contributed by atoms with Crippen LogP contribution >= 0.6 is 0 Å². The summed E-state index contributed by atoms with van der Waals surface area (Å²) in [5.41, 5.74) is 0.306. The van der Waals surface area contributed by atoms with Crippen molar-refractivity contribution in [1.29, 1.82) is 0 Å². The molecule has 1 fully saturated rings. The van der Waals surface area contributed by atoms with Crippen LogP contribution in [0.2, 0.25) is 0 Å². The summed E-state index contributed by atoms with van der Waals surface area (Å²) >= 11 is 0. The number of carbonyl (C=O) groups excluding carboxylic acids is 1. The number of rotatable bonds is 4. The highest BCUT2D eigenvalue weighted by molar-refractivity contribution is 5.81. The Morgan fingerprint density at radius 2 is 1.79 bits per heavy atom. The van der Waals surface area contributed by atoms with Gasteiger partial charge in [0, 0.05) is 18.9 Å². The SMILES string of the molecule is O=C(Cc1ccc(F)cc1F)CC1CCCCCC1. The Labute approximate surface area is 113 Å². The molecule has 3 heteroatoms. The third-order valence-corrected chi connectivity index (χ3v) is 3.89. The summed E-state index contributed by atoms with van der Waals surface area (Å²) in [6.45, 7) is 0. The summed E-state index contributed by atoms with van der Waals surface area (Å²) in [7, 11) is 0. The molecule has 1 aromatic carbocycles. The second-order valence-electron chi connectivity index (χ2n) is 5.51. The minimum atomic E-state index is -0.616. The first-order chi connectivity index (χ1) is 9.15. The van der Waals surface area contributed by atoms with Gasteiger partial charge in [0.2, 0.25) is 0 Å². The number of hydrogen-bond acceptors (Lipinski definition) is 1. The molecule has 0 heterocycles. The van der Waals surface area contributed by atoms with Gasteiger partial charge >= 0.3 is 0 Å². The topological polar surface area (TPSA) is 17.1 Å². The van der Waals surface area contributed by atoms with Crippen LogP contribution in [0.5, 0.6) is 0 Å². The van der Waals surface area contributed by atoms with Gasteiger partial charge < -0.3 is 0 Å². The Balaban J connectivity index is 1.89. The zero-order valence-electron chi connectivity index (χ0n) is 11.1. The molecule has 0 saturated heterocycles. The molecular formula is C16H20F2O. The van der Waals surface area contributed by atoms with Crippen molar-refractivity contribution in [2.24, 2.45) is 5.92 Å². The lowest BCUT2D eigenvalue weighted by Gasteiger charge is -2.12. The highest BCUT2D eigenvalue weighted by Gasteiger charge is 2.17. The summed E-state index contributed by atoms with van der Waals surface area (Å²) in [5, 5.41) is 0. The van der Waals surface area contributed by atoms with Crippen LogP contribution in [-0.4, -0.2) is 5.78 Å². The van der Waals surface area contributed by atoms with Crippen molar-refractivity contribution in [3.05, 3.63) is 35.4 Å². The van der Waals surface area contributed by atoms with E-state index in [0.29, 0.717) is 17.9 Å². The van der Waals surface area contributed by atoms with Gasteiger partial charge in [-0.25, -0.2) is 8.78 Å². The van der Waals surface area contributed by atoms with Gasteiger partial charge in [0.15, 0.2) is 0 Å². The molecule has 104 valence electrons. The highest BCUT2D eigenvalue weighted by atomic mass is 19.1. The fourth-order valence-corrected chi connectivity index (χ4v) is 2.84. The number of ketones is 1. The minimum absolute atomic E-state index is 0.0670. The lowest BCUT2D eigenvalue weighted by Crippen LogP contribution is -2.11. The van der Waals surface area contributed by atoms with E-state index in [1.54, 1.807) is 0 Å². The summed E-state index contributed by atoms with van der Waals surface area (Å²) < 4.78 is 26.2. The number of hydrogen-bond donors (Lipinski definition) is 0. The molecule has 0 N–H and O–H groups in total. The molecule has 1 saturated carbocycles.